The van der Waals surface area contributed by atoms with E-state index >= 15 is 0 Å². The highest BCUT2D eigenvalue weighted by Crippen LogP contribution is 2.39. The molecule has 1 atom stereocenters. The summed E-state index contributed by atoms with van der Waals surface area (Å²) in [6, 6.07) is 10.7. The van der Waals surface area contributed by atoms with Crippen LogP contribution in [0, 0.1) is 6.92 Å². The van der Waals surface area contributed by atoms with Crippen LogP contribution in [0.2, 0.25) is 10.0 Å². The second kappa shape index (κ2) is 12.5. The summed E-state index contributed by atoms with van der Waals surface area (Å²) < 4.78 is 43.6. The molecule has 2 aromatic heterocycles. The second-order valence-corrected chi connectivity index (χ2v) is 13.2. The molecule has 226 valence electrons. The summed E-state index contributed by atoms with van der Waals surface area (Å²) in [4.78, 5) is 32.7. The van der Waals surface area contributed by atoms with Crippen molar-refractivity contribution >= 4 is 62.1 Å². The van der Waals surface area contributed by atoms with E-state index in [9.17, 15) is 18.0 Å². The predicted molar refractivity (Wildman–Crippen MR) is 159 cm³/mol. The topological polar surface area (TPSA) is 144 Å². The average Bonchev–Trinajstić information content (AvgIpc) is 3.59. The molecule has 0 spiro atoms. The van der Waals surface area contributed by atoms with E-state index in [0.29, 0.717) is 27.8 Å². The van der Waals surface area contributed by atoms with E-state index in [4.69, 9.17) is 37.2 Å². The lowest BCUT2D eigenvalue weighted by Crippen LogP contribution is -2.50. The number of thiophene rings is 1. The van der Waals surface area contributed by atoms with Crippen molar-refractivity contribution < 1.29 is 32.0 Å². The molecule has 2 aromatic carbocycles. The fourth-order valence-corrected chi connectivity index (χ4v) is 6.84. The summed E-state index contributed by atoms with van der Waals surface area (Å²) in [5, 5.41) is 8.53. The predicted octanol–water partition coefficient (Wildman–Crippen LogP) is 4.30. The van der Waals surface area contributed by atoms with Gasteiger partial charge < -0.3 is 19.3 Å². The molecule has 1 unspecified atom stereocenters. The molecule has 0 aliphatic carbocycles. The van der Waals surface area contributed by atoms with Gasteiger partial charge in [-0.15, -0.1) is 11.3 Å². The summed E-state index contributed by atoms with van der Waals surface area (Å²) >= 11 is 13.6. The number of ether oxygens (including phenoxy) is 2. The number of rotatable bonds is 9. The Balaban J connectivity index is 1.38. The highest BCUT2D eigenvalue weighted by molar-refractivity contribution is 7.89. The van der Waals surface area contributed by atoms with Gasteiger partial charge in [-0.1, -0.05) is 28.4 Å². The maximum absolute atomic E-state index is 13.9. The highest BCUT2D eigenvalue weighted by Gasteiger charge is 2.36. The third kappa shape index (κ3) is 6.48. The van der Waals surface area contributed by atoms with Crippen molar-refractivity contribution in [2.24, 2.45) is 0 Å². The van der Waals surface area contributed by atoms with Crippen molar-refractivity contribution in [1.82, 2.24) is 19.8 Å². The van der Waals surface area contributed by atoms with Crippen LogP contribution < -0.4 is 19.7 Å². The number of hydrogen-bond donors (Lipinski definition) is 1. The smallest absolute Gasteiger partial charge is 0.270 e. The van der Waals surface area contributed by atoms with E-state index in [1.165, 1.54) is 43.3 Å². The summed E-state index contributed by atoms with van der Waals surface area (Å²) in [6.07, 6.45) is -1.07. The summed E-state index contributed by atoms with van der Waals surface area (Å²) in [7, 11) is -0.946. The summed E-state index contributed by atoms with van der Waals surface area (Å²) in [5.74, 6) is 0.423. The van der Waals surface area contributed by atoms with E-state index in [0.717, 1.165) is 15.6 Å². The Kier molecular flexibility index (Phi) is 8.94. The molecule has 0 radical (unpaired) electrons. The Morgan fingerprint density at radius 3 is 2.63 bits per heavy atom. The molecule has 0 fully saturated rings. The highest BCUT2D eigenvalue weighted by atomic mass is 35.5. The number of aromatic nitrogens is 2. The van der Waals surface area contributed by atoms with Crippen LogP contribution in [0.3, 0.4) is 0 Å². The first-order valence-electron chi connectivity index (χ1n) is 12.7. The third-order valence-electron chi connectivity index (χ3n) is 6.50. The van der Waals surface area contributed by atoms with Gasteiger partial charge in [0.2, 0.25) is 15.9 Å². The maximum atomic E-state index is 13.9. The van der Waals surface area contributed by atoms with Crippen LogP contribution in [0.25, 0.3) is 0 Å². The van der Waals surface area contributed by atoms with Crippen molar-refractivity contribution in [1.29, 1.82) is 0 Å². The van der Waals surface area contributed by atoms with Gasteiger partial charge in [0, 0.05) is 24.7 Å². The number of anilines is 1. The van der Waals surface area contributed by atoms with Crippen LogP contribution in [0.15, 0.2) is 57.3 Å². The van der Waals surface area contributed by atoms with Gasteiger partial charge in [0.1, 0.15) is 16.4 Å². The molecule has 0 saturated heterocycles. The van der Waals surface area contributed by atoms with E-state index in [1.54, 1.807) is 30.5 Å². The first kappa shape index (κ1) is 30.8. The van der Waals surface area contributed by atoms with Crippen LogP contribution in [-0.2, 0) is 27.9 Å². The largest absolute Gasteiger partial charge is 0.497 e. The van der Waals surface area contributed by atoms with Gasteiger partial charge in [-0.2, -0.15) is 9.29 Å². The van der Waals surface area contributed by atoms with Crippen LogP contribution in [0.1, 0.15) is 27.0 Å². The first-order valence-corrected chi connectivity index (χ1v) is 15.8. The van der Waals surface area contributed by atoms with Crippen LogP contribution in [0.4, 0.5) is 5.69 Å². The third-order valence-corrected chi connectivity index (χ3v) is 10.1. The van der Waals surface area contributed by atoms with E-state index in [-0.39, 0.29) is 46.1 Å². The zero-order valence-electron chi connectivity index (χ0n) is 23.0. The minimum absolute atomic E-state index is 0.0183. The number of amides is 2. The molecule has 1 N–H and O–H groups in total. The Hall–Kier alpha value is -3.69. The Morgan fingerprint density at radius 1 is 1.21 bits per heavy atom. The SMILES string of the molecule is COc1ccc2c(c1)N(C(=O)c1scc(CN(C)S(=O)(=O)c3ccc(Cl)cc3)c1Cl)CC(C(=O)NCc1nc(C)no1)O2. The van der Waals surface area contributed by atoms with Gasteiger partial charge >= 0.3 is 0 Å². The van der Waals surface area contributed by atoms with Gasteiger partial charge in [0.15, 0.2) is 11.9 Å². The lowest BCUT2D eigenvalue weighted by Gasteiger charge is -2.34. The van der Waals surface area contributed by atoms with Crippen LogP contribution in [-0.4, -0.2) is 61.5 Å². The molecule has 0 bridgehead atoms. The molecule has 4 aromatic rings. The zero-order valence-corrected chi connectivity index (χ0v) is 26.2. The van der Waals surface area contributed by atoms with Crippen molar-refractivity contribution in [3.63, 3.8) is 0 Å². The summed E-state index contributed by atoms with van der Waals surface area (Å²) in [6.45, 7) is 1.42. The van der Waals surface area contributed by atoms with Crippen molar-refractivity contribution in [2.45, 2.75) is 31.0 Å². The molecule has 43 heavy (non-hydrogen) atoms. The van der Waals surface area contributed by atoms with Crippen molar-refractivity contribution in [3.05, 3.63) is 80.0 Å². The van der Waals surface area contributed by atoms with Gasteiger partial charge in [-0.3, -0.25) is 14.5 Å². The molecule has 12 nitrogen and oxygen atoms in total. The molecule has 5 rings (SSSR count). The average molecular weight is 667 g/mol. The van der Waals surface area contributed by atoms with Gasteiger partial charge in [-0.25, -0.2) is 8.42 Å². The lowest BCUT2D eigenvalue weighted by atomic mass is 10.1. The quantitative estimate of drug-likeness (QED) is 0.277. The van der Waals surface area contributed by atoms with Gasteiger partial charge in [0.25, 0.3) is 11.8 Å². The Bertz CT molecular complexity index is 1780. The Labute approximate surface area is 261 Å². The molecule has 1 aliphatic heterocycles. The minimum atomic E-state index is -3.86. The second-order valence-electron chi connectivity index (χ2n) is 9.43. The molecular formula is C27H25Cl2N5O7S2. The number of carbonyl (C=O) groups is 2. The summed E-state index contributed by atoms with van der Waals surface area (Å²) in [5.41, 5.74) is 0.827. The van der Waals surface area contributed by atoms with Gasteiger partial charge in [-0.05, 0) is 54.3 Å². The number of hydrogen-bond acceptors (Lipinski definition) is 10. The maximum Gasteiger partial charge on any atom is 0.270 e. The van der Waals surface area contributed by atoms with Gasteiger partial charge in [0.05, 0.1) is 35.8 Å². The standard InChI is InChI=1S/C27H25Cl2N5O7S2/c1-15-31-23(41-32-15)11-30-26(35)22-13-34(20-10-18(39-3)6-9-21(20)40-22)27(36)25-24(29)16(14-42-25)12-33(2)43(37,38)19-7-4-17(28)5-8-19/h4-10,14,22H,11-13H2,1-3H3,(H,30,35). The van der Waals surface area contributed by atoms with E-state index < -0.39 is 27.9 Å². The number of sulfonamides is 1. The van der Waals surface area contributed by atoms with Crippen molar-refractivity contribution in [3.8, 4) is 11.5 Å². The van der Waals surface area contributed by atoms with Crippen LogP contribution in [0.5, 0.6) is 11.5 Å². The fourth-order valence-electron chi connectivity index (χ4n) is 4.27. The number of nitrogens with one attached hydrogen (secondary N) is 1. The lowest BCUT2D eigenvalue weighted by molar-refractivity contribution is -0.128. The van der Waals surface area contributed by atoms with E-state index in [2.05, 4.69) is 15.5 Å². The zero-order chi connectivity index (χ0) is 30.9. The molecule has 3 heterocycles. The normalized spacial score (nSPS) is 14.7. The molecule has 1 aliphatic rings. The van der Waals surface area contributed by atoms with Crippen LogP contribution >= 0.6 is 34.5 Å². The number of carbonyl (C=O) groups excluding carboxylic acids is 2. The number of fused-ring (bicyclic) bond motifs is 1. The minimum Gasteiger partial charge on any atom is -0.497 e. The molecule has 0 saturated carbocycles. The molecular weight excluding hydrogens is 641 g/mol. The number of benzene rings is 2. The number of halogens is 2. The monoisotopic (exact) mass is 665 g/mol. The fraction of sp³-hybridized carbons (Fsp3) is 0.259. The number of nitrogens with zero attached hydrogens (tertiary/aromatic N) is 4. The molecule has 2 amide bonds. The van der Waals surface area contributed by atoms with Crippen molar-refractivity contribution in [2.75, 3.05) is 25.6 Å². The van der Waals surface area contributed by atoms with E-state index in [1.807, 2.05) is 0 Å². The Morgan fingerprint density at radius 2 is 1.95 bits per heavy atom. The number of methoxy groups -OCH3 is 1. The molecule has 16 heteroatoms. The number of aryl methyl sites for hydroxylation is 1. The first-order chi connectivity index (χ1) is 20.5.